The Morgan fingerprint density at radius 2 is 1.73 bits per heavy atom. The fourth-order valence-electron chi connectivity index (χ4n) is 5.82. The molecule has 1 aromatic carbocycles. The van der Waals surface area contributed by atoms with Gasteiger partial charge in [0.15, 0.2) is 5.16 Å². The first-order valence-corrected chi connectivity index (χ1v) is 16.8. The maximum absolute atomic E-state index is 14.0. The molecular formula is C31H33N3O4S3. The molecule has 1 N–H and O–H groups in total. The lowest BCUT2D eigenvalue weighted by atomic mass is 9.88. The van der Waals surface area contributed by atoms with Gasteiger partial charge < -0.3 is 10.1 Å². The fraction of sp³-hybridized carbons (Fsp3) is 0.419. The monoisotopic (exact) mass is 607 g/mol. The molecule has 3 heterocycles. The second-order valence-corrected chi connectivity index (χ2v) is 14.1. The number of benzene rings is 1. The van der Waals surface area contributed by atoms with Crippen LogP contribution in [0.2, 0.25) is 0 Å². The number of fused-ring (bicyclic) bond motifs is 4. The third-order valence-electron chi connectivity index (χ3n) is 7.89. The molecule has 0 spiro atoms. The van der Waals surface area contributed by atoms with Crippen LogP contribution in [0.3, 0.4) is 0 Å². The van der Waals surface area contributed by atoms with Gasteiger partial charge in [-0.05, 0) is 80.5 Å². The smallest absolute Gasteiger partial charge is 0.341 e. The lowest BCUT2D eigenvalue weighted by molar-refractivity contribution is -0.113. The highest BCUT2D eigenvalue weighted by molar-refractivity contribution is 7.99. The Balaban J connectivity index is 1.31. The van der Waals surface area contributed by atoms with E-state index in [4.69, 9.17) is 9.72 Å². The van der Waals surface area contributed by atoms with Gasteiger partial charge in [0.05, 0.1) is 29.0 Å². The maximum Gasteiger partial charge on any atom is 0.341 e. The average Bonchev–Trinajstić information content (AvgIpc) is 3.49. The number of hydrogen-bond donors (Lipinski definition) is 1. The molecule has 41 heavy (non-hydrogen) atoms. The summed E-state index contributed by atoms with van der Waals surface area (Å²) >= 11 is 4.33. The van der Waals surface area contributed by atoms with E-state index in [0.29, 0.717) is 32.9 Å². The number of amides is 1. The highest BCUT2D eigenvalue weighted by Crippen LogP contribution is 2.41. The summed E-state index contributed by atoms with van der Waals surface area (Å²) in [6.45, 7) is 6.52. The van der Waals surface area contributed by atoms with Gasteiger partial charge in [0.1, 0.15) is 9.83 Å². The van der Waals surface area contributed by atoms with Crippen LogP contribution in [0.4, 0.5) is 5.00 Å². The van der Waals surface area contributed by atoms with E-state index in [1.807, 2.05) is 30.3 Å². The summed E-state index contributed by atoms with van der Waals surface area (Å²) in [5.41, 5.74) is 3.29. The number of thiophene rings is 2. The summed E-state index contributed by atoms with van der Waals surface area (Å²) in [4.78, 5) is 48.3. The Kier molecular flexibility index (Phi) is 8.07. The van der Waals surface area contributed by atoms with Crippen molar-refractivity contribution in [1.82, 2.24) is 9.55 Å². The van der Waals surface area contributed by atoms with Crippen molar-refractivity contribution in [2.75, 3.05) is 17.7 Å². The van der Waals surface area contributed by atoms with Gasteiger partial charge in [-0.15, -0.1) is 22.7 Å². The van der Waals surface area contributed by atoms with Crippen molar-refractivity contribution >= 4 is 61.5 Å². The van der Waals surface area contributed by atoms with E-state index in [1.54, 1.807) is 22.8 Å². The molecule has 4 aromatic rings. The predicted octanol–water partition coefficient (Wildman–Crippen LogP) is 6.67. The number of nitrogens with zero attached hydrogens (tertiary/aromatic N) is 2. The number of carbonyl (C=O) groups excluding carboxylic acids is 2. The number of anilines is 1. The van der Waals surface area contributed by atoms with Gasteiger partial charge in [0.25, 0.3) is 5.56 Å². The van der Waals surface area contributed by atoms with Crippen LogP contribution >= 0.6 is 34.4 Å². The molecule has 7 nitrogen and oxygen atoms in total. The van der Waals surface area contributed by atoms with E-state index in [1.165, 1.54) is 28.0 Å². The minimum Gasteiger partial charge on any atom is -0.462 e. The van der Waals surface area contributed by atoms with Crippen LogP contribution in [0.15, 0.2) is 40.3 Å². The van der Waals surface area contributed by atoms with Crippen molar-refractivity contribution in [2.24, 2.45) is 11.8 Å². The van der Waals surface area contributed by atoms with E-state index >= 15 is 0 Å². The first-order chi connectivity index (χ1) is 19.8. The highest BCUT2D eigenvalue weighted by Gasteiger charge is 2.30. The van der Waals surface area contributed by atoms with Gasteiger partial charge in [-0.2, -0.15) is 0 Å². The van der Waals surface area contributed by atoms with E-state index in [0.717, 1.165) is 65.0 Å². The first kappa shape index (κ1) is 28.2. The van der Waals surface area contributed by atoms with Gasteiger partial charge in [-0.1, -0.05) is 43.8 Å². The summed E-state index contributed by atoms with van der Waals surface area (Å²) in [6, 6.07) is 9.49. The number of aromatic nitrogens is 2. The third kappa shape index (κ3) is 5.49. The molecule has 214 valence electrons. The minimum absolute atomic E-state index is 0.0497. The van der Waals surface area contributed by atoms with Gasteiger partial charge >= 0.3 is 5.97 Å². The second-order valence-electron chi connectivity index (χ2n) is 11.0. The summed E-state index contributed by atoms with van der Waals surface area (Å²) in [6.07, 6.45) is 5.65. The molecule has 10 heteroatoms. The predicted molar refractivity (Wildman–Crippen MR) is 167 cm³/mol. The van der Waals surface area contributed by atoms with Crippen molar-refractivity contribution in [3.8, 4) is 5.69 Å². The van der Waals surface area contributed by atoms with Crippen molar-refractivity contribution < 1.29 is 14.3 Å². The molecule has 2 aliphatic carbocycles. The molecule has 2 atom stereocenters. The molecule has 0 fully saturated rings. The van der Waals surface area contributed by atoms with Crippen molar-refractivity contribution in [2.45, 2.75) is 64.5 Å². The Labute approximate surface area is 251 Å². The molecular weight excluding hydrogens is 575 g/mol. The molecule has 3 aromatic heterocycles. The summed E-state index contributed by atoms with van der Waals surface area (Å²) in [5.74, 6) is 0.546. The normalized spacial score (nSPS) is 18.1. The Hall–Kier alpha value is -2.95. The van der Waals surface area contributed by atoms with Crippen LogP contribution in [0, 0.1) is 11.8 Å². The number of esters is 1. The molecule has 0 unspecified atom stereocenters. The van der Waals surface area contributed by atoms with Crippen LogP contribution in [0.5, 0.6) is 0 Å². The summed E-state index contributed by atoms with van der Waals surface area (Å²) in [7, 11) is 0. The zero-order valence-corrected chi connectivity index (χ0v) is 25.9. The summed E-state index contributed by atoms with van der Waals surface area (Å²) < 4.78 is 6.99. The van der Waals surface area contributed by atoms with E-state index in [2.05, 4.69) is 19.2 Å². The zero-order valence-electron chi connectivity index (χ0n) is 23.5. The highest BCUT2D eigenvalue weighted by atomic mass is 32.2. The molecule has 6 rings (SSSR count). The van der Waals surface area contributed by atoms with Crippen molar-refractivity contribution in [3.63, 3.8) is 0 Å². The zero-order chi connectivity index (χ0) is 28.7. The molecule has 0 saturated heterocycles. The van der Waals surface area contributed by atoms with E-state index in [-0.39, 0.29) is 29.8 Å². The molecule has 2 aliphatic rings. The van der Waals surface area contributed by atoms with Crippen molar-refractivity contribution in [1.29, 1.82) is 0 Å². The molecule has 1 amide bonds. The average molecular weight is 608 g/mol. The van der Waals surface area contributed by atoms with Crippen LogP contribution in [-0.4, -0.2) is 33.8 Å². The molecule has 0 radical (unpaired) electrons. The molecule has 0 aliphatic heterocycles. The fourth-order valence-corrected chi connectivity index (χ4v) is 9.48. The number of carbonyl (C=O) groups is 2. The number of thioether (sulfide) groups is 1. The summed E-state index contributed by atoms with van der Waals surface area (Å²) in [5, 5.41) is 4.75. The maximum atomic E-state index is 14.0. The number of ether oxygens (including phenoxy) is 1. The Bertz CT molecular complexity index is 1690. The largest absolute Gasteiger partial charge is 0.462 e. The first-order valence-electron chi connectivity index (χ1n) is 14.2. The van der Waals surface area contributed by atoms with Gasteiger partial charge in [-0.25, -0.2) is 9.78 Å². The van der Waals surface area contributed by atoms with Crippen LogP contribution < -0.4 is 10.9 Å². The lowest BCUT2D eigenvalue weighted by Crippen LogP contribution is -2.23. The van der Waals surface area contributed by atoms with Crippen molar-refractivity contribution in [3.05, 3.63) is 67.1 Å². The second kappa shape index (κ2) is 11.7. The lowest BCUT2D eigenvalue weighted by Gasteiger charge is -2.18. The van der Waals surface area contributed by atoms with Crippen LogP contribution in [0.1, 0.15) is 64.9 Å². The van der Waals surface area contributed by atoms with Gasteiger partial charge in [-0.3, -0.25) is 14.2 Å². The number of para-hydroxylation sites is 1. The quantitative estimate of drug-likeness (QED) is 0.143. The number of rotatable bonds is 7. The minimum atomic E-state index is -0.386. The van der Waals surface area contributed by atoms with Crippen LogP contribution in [-0.2, 0) is 35.2 Å². The number of hydrogen-bond acceptors (Lipinski definition) is 8. The Morgan fingerprint density at radius 1 is 1.05 bits per heavy atom. The number of aryl methyl sites for hydroxylation is 1. The number of nitrogens with one attached hydrogen (secondary N) is 1. The third-order valence-corrected chi connectivity index (χ3v) is 11.1. The van der Waals surface area contributed by atoms with Crippen LogP contribution in [0.25, 0.3) is 15.9 Å². The SMILES string of the molecule is CCOC(=O)c1c(NC(=O)CSc2nc3sc4c(c3c(=O)n2-c2ccccc2)CC[C@@H](C)C4)sc2c1CC[C@@H](C)C2. The standard InChI is InChI=1S/C31H33N3O4S3/c1-4-38-30(37)26-21-13-11-18(3)15-23(21)41-28(26)32-24(35)16-39-31-33-27-25(20-12-10-17(2)14-22(20)40-27)29(36)34(31)19-8-6-5-7-9-19/h5-9,17-18H,4,10-16H2,1-3H3,(H,32,35)/t17-,18-/m1/s1. The van der Waals surface area contributed by atoms with Gasteiger partial charge in [0, 0.05) is 9.75 Å². The van der Waals surface area contributed by atoms with E-state index in [9.17, 15) is 14.4 Å². The van der Waals surface area contributed by atoms with E-state index < -0.39 is 0 Å². The molecule has 0 saturated carbocycles. The van der Waals surface area contributed by atoms with Gasteiger partial charge in [0.2, 0.25) is 5.91 Å². The topological polar surface area (TPSA) is 90.3 Å². The molecule has 0 bridgehead atoms. The Morgan fingerprint density at radius 3 is 2.44 bits per heavy atom.